The number of aliphatic hydroxyl groups is 1. The largest absolute Gasteiger partial charge is 0.391 e. The van der Waals surface area contributed by atoms with Gasteiger partial charge in [-0.15, -0.1) is 0 Å². The van der Waals surface area contributed by atoms with E-state index in [9.17, 15) is 5.11 Å². The van der Waals surface area contributed by atoms with E-state index in [-0.39, 0.29) is 6.54 Å². The fourth-order valence-electron chi connectivity index (χ4n) is 0.938. The summed E-state index contributed by atoms with van der Waals surface area (Å²) in [5.41, 5.74) is 6.23. The Kier molecular flexibility index (Phi) is 3.01. The van der Waals surface area contributed by atoms with Crippen molar-refractivity contribution >= 4 is 6.20 Å². The van der Waals surface area contributed by atoms with Crippen LogP contribution in [-0.2, 0) is 6.42 Å². The highest BCUT2D eigenvalue weighted by atomic mass is 16.3. The van der Waals surface area contributed by atoms with Gasteiger partial charge in [0.2, 0.25) is 0 Å². The van der Waals surface area contributed by atoms with Gasteiger partial charge < -0.3 is 10.8 Å². The summed E-state index contributed by atoms with van der Waals surface area (Å²) in [6.45, 7) is 3.83. The molecule has 1 aromatic rings. The summed E-state index contributed by atoms with van der Waals surface area (Å²) in [5.74, 6) is 0. The molecule has 3 N–H and O–H groups in total. The van der Waals surface area contributed by atoms with Crippen LogP contribution < -0.4 is 5.73 Å². The smallest absolute Gasteiger partial charge is 0.0703 e. The van der Waals surface area contributed by atoms with E-state index < -0.39 is 6.10 Å². The molecule has 0 aromatic carbocycles. The summed E-state index contributed by atoms with van der Waals surface area (Å²) in [6.07, 6.45) is 5.17. The van der Waals surface area contributed by atoms with Crippen molar-refractivity contribution in [3.8, 4) is 0 Å². The molecule has 0 fully saturated rings. The van der Waals surface area contributed by atoms with E-state index in [0.717, 1.165) is 5.56 Å². The zero-order valence-electron chi connectivity index (χ0n) is 6.85. The van der Waals surface area contributed by atoms with Crippen LogP contribution in [-0.4, -0.2) is 27.5 Å². The average molecular weight is 167 g/mol. The number of aromatic nitrogens is 2. The molecule has 12 heavy (non-hydrogen) atoms. The maximum atomic E-state index is 9.21. The maximum absolute atomic E-state index is 9.21. The molecule has 0 aliphatic carbocycles. The van der Waals surface area contributed by atoms with Crippen LogP contribution in [0.4, 0.5) is 0 Å². The van der Waals surface area contributed by atoms with Crippen molar-refractivity contribution in [3.05, 3.63) is 24.5 Å². The summed E-state index contributed by atoms with van der Waals surface area (Å²) in [4.78, 5) is 0. The van der Waals surface area contributed by atoms with E-state index in [1.54, 1.807) is 17.1 Å². The van der Waals surface area contributed by atoms with E-state index in [1.807, 2.05) is 6.20 Å². The number of nitrogens with two attached hydrogens (primary N) is 1. The van der Waals surface area contributed by atoms with Gasteiger partial charge in [-0.05, 0) is 5.56 Å². The minimum atomic E-state index is -0.479. The monoisotopic (exact) mass is 167 g/mol. The van der Waals surface area contributed by atoms with Crippen molar-refractivity contribution < 1.29 is 5.11 Å². The molecule has 4 nitrogen and oxygen atoms in total. The number of rotatable bonds is 4. The molecule has 0 bridgehead atoms. The van der Waals surface area contributed by atoms with E-state index in [0.29, 0.717) is 6.42 Å². The average Bonchev–Trinajstić information content (AvgIpc) is 2.52. The zero-order valence-corrected chi connectivity index (χ0v) is 6.85. The summed E-state index contributed by atoms with van der Waals surface area (Å²) in [5, 5.41) is 13.2. The van der Waals surface area contributed by atoms with Crippen LogP contribution in [0.2, 0.25) is 0 Å². The topological polar surface area (TPSA) is 64.1 Å². The molecule has 0 saturated carbocycles. The van der Waals surface area contributed by atoms with Gasteiger partial charge in [-0.25, -0.2) is 4.68 Å². The van der Waals surface area contributed by atoms with Gasteiger partial charge in [0.15, 0.2) is 0 Å². The maximum Gasteiger partial charge on any atom is 0.0703 e. The fraction of sp³-hybridized carbons (Fsp3) is 0.375. The second kappa shape index (κ2) is 4.04. The molecule has 66 valence electrons. The zero-order chi connectivity index (χ0) is 8.97. The standard InChI is InChI=1S/C8H13N3O/c1-2-11-6-7(5-10-11)3-8(12)4-9/h2,5-6,8,12H,1,3-4,9H2. The van der Waals surface area contributed by atoms with Crippen LogP contribution in [0.3, 0.4) is 0 Å². The van der Waals surface area contributed by atoms with Crippen molar-refractivity contribution in [1.82, 2.24) is 9.78 Å². The third-order valence-corrected chi connectivity index (χ3v) is 1.59. The van der Waals surface area contributed by atoms with E-state index in [2.05, 4.69) is 11.7 Å². The molecule has 1 atom stereocenters. The first-order valence-corrected chi connectivity index (χ1v) is 3.80. The van der Waals surface area contributed by atoms with Crippen molar-refractivity contribution in [2.45, 2.75) is 12.5 Å². The Balaban J connectivity index is 2.57. The van der Waals surface area contributed by atoms with E-state index in [1.165, 1.54) is 0 Å². The van der Waals surface area contributed by atoms with Gasteiger partial charge in [0.25, 0.3) is 0 Å². The van der Waals surface area contributed by atoms with Gasteiger partial charge in [-0.2, -0.15) is 5.10 Å². The van der Waals surface area contributed by atoms with Crippen molar-refractivity contribution in [2.24, 2.45) is 5.73 Å². The van der Waals surface area contributed by atoms with Crippen LogP contribution >= 0.6 is 0 Å². The Morgan fingerprint density at radius 3 is 3.08 bits per heavy atom. The number of hydrogen-bond donors (Lipinski definition) is 2. The minimum absolute atomic E-state index is 0.277. The van der Waals surface area contributed by atoms with Crippen LogP contribution in [0.25, 0.3) is 6.20 Å². The van der Waals surface area contributed by atoms with Gasteiger partial charge in [-0.1, -0.05) is 6.58 Å². The Morgan fingerprint density at radius 2 is 2.58 bits per heavy atom. The quantitative estimate of drug-likeness (QED) is 0.655. The van der Waals surface area contributed by atoms with Gasteiger partial charge in [0.05, 0.1) is 12.3 Å². The molecule has 0 aliphatic heterocycles. The summed E-state index contributed by atoms with van der Waals surface area (Å²) < 4.78 is 1.60. The molecule has 1 unspecified atom stereocenters. The van der Waals surface area contributed by atoms with Crippen LogP contribution in [0.1, 0.15) is 5.56 Å². The molecule has 0 radical (unpaired) electrons. The number of aliphatic hydroxyl groups excluding tert-OH is 1. The first-order chi connectivity index (χ1) is 5.76. The van der Waals surface area contributed by atoms with Gasteiger partial charge >= 0.3 is 0 Å². The van der Waals surface area contributed by atoms with Crippen LogP contribution in [0, 0.1) is 0 Å². The Hall–Kier alpha value is -1.13. The minimum Gasteiger partial charge on any atom is -0.391 e. The Labute approximate surface area is 71.3 Å². The molecule has 1 heterocycles. The highest BCUT2D eigenvalue weighted by Gasteiger charge is 2.03. The molecule has 0 amide bonds. The van der Waals surface area contributed by atoms with Gasteiger partial charge in [-0.3, -0.25) is 0 Å². The lowest BCUT2D eigenvalue weighted by Crippen LogP contribution is -2.21. The third-order valence-electron chi connectivity index (χ3n) is 1.59. The SMILES string of the molecule is C=Cn1cc(CC(O)CN)cn1. The lowest BCUT2D eigenvalue weighted by Gasteiger charge is -2.03. The van der Waals surface area contributed by atoms with Crippen molar-refractivity contribution in [3.63, 3.8) is 0 Å². The highest BCUT2D eigenvalue weighted by Crippen LogP contribution is 2.01. The van der Waals surface area contributed by atoms with Gasteiger partial charge in [0.1, 0.15) is 0 Å². The summed E-state index contributed by atoms with van der Waals surface area (Å²) >= 11 is 0. The first-order valence-electron chi connectivity index (χ1n) is 3.80. The van der Waals surface area contributed by atoms with Gasteiger partial charge in [0, 0.05) is 25.4 Å². The first kappa shape index (κ1) is 8.96. The molecule has 0 saturated heterocycles. The second-order valence-corrected chi connectivity index (χ2v) is 2.60. The summed E-state index contributed by atoms with van der Waals surface area (Å²) in [7, 11) is 0. The predicted octanol–water partition coefficient (Wildman–Crippen LogP) is -0.154. The summed E-state index contributed by atoms with van der Waals surface area (Å²) in [6, 6.07) is 0. The molecule has 0 aliphatic rings. The lowest BCUT2D eigenvalue weighted by molar-refractivity contribution is 0.183. The molecule has 4 heteroatoms. The lowest BCUT2D eigenvalue weighted by atomic mass is 10.2. The third kappa shape index (κ3) is 2.18. The normalized spacial score (nSPS) is 12.8. The molecule has 1 aromatic heterocycles. The molecule has 0 spiro atoms. The van der Waals surface area contributed by atoms with Crippen molar-refractivity contribution in [1.29, 1.82) is 0 Å². The molecule has 1 rings (SSSR count). The molecular formula is C8H13N3O. The van der Waals surface area contributed by atoms with Crippen LogP contribution in [0.15, 0.2) is 19.0 Å². The predicted molar refractivity (Wildman–Crippen MR) is 47.4 cm³/mol. The van der Waals surface area contributed by atoms with E-state index >= 15 is 0 Å². The number of nitrogens with zero attached hydrogens (tertiary/aromatic N) is 2. The van der Waals surface area contributed by atoms with E-state index in [4.69, 9.17) is 5.73 Å². The fourth-order valence-corrected chi connectivity index (χ4v) is 0.938. The molecular weight excluding hydrogens is 154 g/mol. The number of hydrogen-bond acceptors (Lipinski definition) is 3. The van der Waals surface area contributed by atoms with Crippen molar-refractivity contribution in [2.75, 3.05) is 6.54 Å². The second-order valence-electron chi connectivity index (χ2n) is 2.60. The highest BCUT2D eigenvalue weighted by molar-refractivity contribution is 5.18. The van der Waals surface area contributed by atoms with Crippen LogP contribution in [0.5, 0.6) is 0 Å². The Morgan fingerprint density at radius 1 is 1.83 bits per heavy atom. The Bertz CT molecular complexity index is 257.